The molecule has 4 saturated heterocycles. The van der Waals surface area contributed by atoms with Gasteiger partial charge in [0.1, 0.15) is 5.78 Å². The van der Waals surface area contributed by atoms with Crippen molar-refractivity contribution in [1.82, 2.24) is 34.3 Å². The molecule has 0 saturated carbocycles. The second-order valence-corrected chi connectivity index (χ2v) is 21.4. The van der Waals surface area contributed by atoms with Gasteiger partial charge in [-0.1, -0.05) is 7.43 Å². The normalized spacial score (nSPS) is 23.5. The Bertz CT molecular complexity index is 1200. The second-order valence-electron chi connectivity index (χ2n) is 18.6. The first-order valence-electron chi connectivity index (χ1n) is 18.5. The van der Waals surface area contributed by atoms with Gasteiger partial charge in [0.15, 0.2) is 0 Å². The highest BCUT2D eigenvalue weighted by molar-refractivity contribution is 8.00. The average Bonchev–Trinajstić information content (AvgIpc) is 2.93. The Balaban J connectivity index is 0.000000651. The van der Waals surface area contributed by atoms with Gasteiger partial charge >= 0.3 is 0 Å². The molecule has 4 rings (SSSR count). The summed E-state index contributed by atoms with van der Waals surface area (Å²) in [5, 5.41) is 0. The lowest BCUT2D eigenvalue weighted by Gasteiger charge is -2.44. The van der Waals surface area contributed by atoms with Gasteiger partial charge in [-0.25, -0.2) is 0 Å². The third-order valence-electron chi connectivity index (χ3n) is 10.1. The molecule has 0 radical (unpaired) electrons. The number of amides is 2. The molecule has 302 valence electrons. The number of nitrogens with zero attached hydrogens (tertiary/aromatic N) is 7. The van der Waals surface area contributed by atoms with Crippen molar-refractivity contribution in [3.05, 3.63) is 0 Å². The molecule has 2 amide bonds. The summed E-state index contributed by atoms with van der Waals surface area (Å²) in [6.07, 6.45) is 0. The maximum atomic E-state index is 11.5. The quantitative estimate of drug-likeness (QED) is 0.375. The molecule has 11 nitrogen and oxygen atoms in total. The first-order valence-corrected chi connectivity index (χ1v) is 20.5. The van der Waals surface area contributed by atoms with Crippen LogP contribution in [0.4, 0.5) is 0 Å². The highest BCUT2D eigenvalue weighted by Gasteiger charge is 2.33. The van der Waals surface area contributed by atoms with Gasteiger partial charge in [0, 0.05) is 99.6 Å². The zero-order valence-electron chi connectivity index (χ0n) is 35.1. The molecular formula is C39H81N7O4S. The highest BCUT2D eigenvalue weighted by atomic mass is 32.2. The van der Waals surface area contributed by atoms with Crippen LogP contribution in [-0.4, -0.2) is 195 Å². The average molecular weight is 744 g/mol. The zero-order chi connectivity index (χ0) is 39.0. The Morgan fingerprint density at radius 2 is 1.10 bits per heavy atom. The summed E-state index contributed by atoms with van der Waals surface area (Å²) in [5.74, 6) is 6.04. The van der Waals surface area contributed by atoms with E-state index in [0.717, 1.165) is 70.4 Å². The molecule has 1 atom stereocenters. The summed E-state index contributed by atoms with van der Waals surface area (Å²) in [6.45, 7) is 37.2. The first-order chi connectivity index (χ1) is 22.5. The van der Waals surface area contributed by atoms with Crippen LogP contribution in [0.1, 0.15) is 97.4 Å². The van der Waals surface area contributed by atoms with Crippen LogP contribution in [0, 0.1) is 0 Å². The van der Waals surface area contributed by atoms with Gasteiger partial charge in [-0.15, -0.1) is 0 Å². The lowest BCUT2D eigenvalue weighted by molar-refractivity contribution is -0.140. The van der Waals surface area contributed by atoms with Crippen LogP contribution >= 0.6 is 0 Å². The first kappa shape index (κ1) is 49.4. The molecule has 0 aromatic carbocycles. The Kier molecular flexibility index (Phi) is 19.1. The molecule has 0 spiro atoms. The van der Waals surface area contributed by atoms with Crippen LogP contribution in [0.2, 0.25) is 0 Å². The number of rotatable bonds is 1. The lowest BCUT2D eigenvalue weighted by Crippen LogP contribution is -2.59. The molecule has 4 aliphatic rings. The van der Waals surface area contributed by atoms with E-state index in [1.165, 1.54) is 0 Å². The summed E-state index contributed by atoms with van der Waals surface area (Å²) in [5.41, 5.74) is 0.500. The van der Waals surface area contributed by atoms with Gasteiger partial charge in [0.05, 0.1) is 19.1 Å². The van der Waals surface area contributed by atoms with E-state index in [0.29, 0.717) is 13.1 Å². The van der Waals surface area contributed by atoms with Crippen LogP contribution in [0.15, 0.2) is 0 Å². The lowest BCUT2D eigenvalue weighted by atomic mass is 10.0. The van der Waals surface area contributed by atoms with Crippen molar-refractivity contribution in [2.24, 2.45) is 0 Å². The predicted octanol–water partition coefficient (Wildman–Crippen LogP) is 3.56. The van der Waals surface area contributed by atoms with E-state index in [9.17, 15) is 18.6 Å². The Morgan fingerprint density at radius 3 is 1.49 bits per heavy atom. The summed E-state index contributed by atoms with van der Waals surface area (Å²) in [4.78, 5) is 49.2. The van der Waals surface area contributed by atoms with E-state index in [-0.39, 0.29) is 53.2 Å². The molecule has 0 aromatic rings. The van der Waals surface area contributed by atoms with E-state index in [2.05, 4.69) is 113 Å². The van der Waals surface area contributed by atoms with Crippen molar-refractivity contribution in [2.75, 3.05) is 105 Å². The maximum Gasteiger partial charge on any atom is 0.237 e. The van der Waals surface area contributed by atoms with Gasteiger partial charge in [0.2, 0.25) is 11.8 Å². The second kappa shape index (κ2) is 19.7. The zero-order valence-corrected chi connectivity index (χ0v) is 36.0. The molecule has 0 bridgehead atoms. The fraction of sp³-hybridized carbons (Fsp3) is 0.897. The minimum atomic E-state index is -1.72. The monoisotopic (exact) mass is 744 g/mol. The molecule has 51 heavy (non-hydrogen) atoms. The Labute approximate surface area is 315 Å². The van der Waals surface area contributed by atoms with Crippen LogP contribution in [0.5, 0.6) is 0 Å². The molecule has 0 N–H and O–H groups in total. The van der Waals surface area contributed by atoms with Crippen molar-refractivity contribution >= 4 is 33.0 Å². The smallest absolute Gasteiger partial charge is 0.237 e. The SMILES string of the molecule is C.C=S1(=O)CCN(C(C)(C)C)CC1.CC(=O)C1CN(C(C)(C)C)CCN1C.CN1CCN(C(C)(C)C)C(=O)C1.CN1CCN(C(C)(C)C)CC1=O. The number of likely N-dealkylation sites (N-methyl/N-ethyl adjacent to an activating group) is 3. The number of piperazine rings is 3. The Hall–Kier alpha value is -1.57. The maximum absolute atomic E-state index is 11.5. The molecule has 4 aliphatic heterocycles. The number of hydrogen-bond donors (Lipinski definition) is 0. The third-order valence-corrected chi connectivity index (χ3v) is 12.0. The molecular weight excluding hydrogens is 663 g/mol. The van der Waals surface area contributed by atoms with Gasteiger partial charge in [0.25, 0.3) is 0 Å². The van der Waals surface area contributed by atoms with Gasteiger partial charge < -0.3 is 9.80 Å². The van der Waals surface area contributed by atoms with E-state index in [1.807, 2.05) is 26.0 Å². The van der Waals surface area contributed by atoms with Crippen molar-refractivity contribution in [3.8, 4) is 0 Å². The number of Topliss-reactive ketones (excluding diaryl/α,β-unsaturated/α-hetero) is 1. The largest absolute Gasteiger partial charge is 0.343 e. The van der Waals surface area contributed by atoms with E-state index in [1.54, 1.807) is 11.8 Å². The standard InChI is InChI=1S/C11H22N2O.2C9H18N2O.C9H19NOS.CH4/c1-9(14)10-8-13(11(2,3)4)7-6-12(10)5;1-9(2,3)11-6-5-10(4)8(12)7-11;1-9(2,3)11-6-5-10(4)7-8(11)12;1-9(2,3)10-5-7-12(4,11)8-6-10;/h10H,6-8H2,1-5H3;2*5-7H2,1-4H3;4-8H2,1-3H3;1H4. The number of ketones is 1. The van der Waals surface area contributed by atoms with Crippen LogP contribution in [0.25, 0.3) is 0 Å². The molecule has 4 fully saturated rings. The summed E-state index contributed by atoms with van der Waals surface area (Å²) in [7, 11) is 4.16. The third kappa shape index (κ3) is 17.4. The topological polar surface area (TPSA) is 91.0 Å². The summed E-state index contributed by atoms with van der Waals surface area (Å²) < 4.78 is 11.5. The molecule has 0 aliphatic carbocycles. The number of carbonyl (C=O) groups is 3. The molecule has 1 unspecified atom stereocenters. The van der Waals surface area contributed by atoms with E-state index >= 15 is 0 Å². The van der Waals surface area contributed by atoms with Crippen molar-refractivity contribution < 1.29 is 18.6 Å². The van der Waals surface area contributed by atoms with Gasteiger partial charge in [-0.2, -0.15) is 0 Å². The molecule has 4 heterocycles. The van der Waals surface area contributed by atoms with Crippen LogP contribution in [-0.2, 0) is 23.9 Å². The fourth-order valence-corrected chi connectivity index (χ4v) is 7.50. The fourth-order valence-electron chi connectivity index (χ4n) is 6.19. The number of carbonyl (C=O) groups excluding carboxylic acids is 3. The minimum Gasteiger partial charge on any atom is -0.343 e. The highest BCUT2D eigenvalue weighted by Crippen LogP contribution is 2.20. The molecule has 12 heteroatoms. The Morgan fingerprint density at radius 1 is 0.627 bits per heavy atom. The molecule has 0 aromatic heterocycles. The van der Waals surface area contributed by atoms with Crippen molar-refractivity contribution in [1.29, 1.82) is 0 Å². The summed E-state index contributed by atoms with van der Waals surface area (Å²) >= 11 is 0. The minimum absolute atomic E-state index is 0. The van der Waals surface area contributed by atoms with Crippen LogP contribution < -0.4 is 0 Å². The van der Waals surface area contributed by atoms with Crippen molar-refractivity contribution in [3.63, 3.8) is 0 Å². The van der Waals surface area contributed by atoms with E-state index < -0.39 is 9.52 Å². The van der Waals surface area contributed by atoms with Crippen molar-refractivity contribution in [2.45, 2.75) is 126 Å². The summed E-state index contributed by atoms with van der Waals surface area (Å²) in [6, 6.07) is 0.0861. The van der Waals surface area contributed by atoms with Gasteiger partial charge in [-0.3, -0.25) is 43.1 Å². The van der Waals surface area contributed by atoms with E-state index in [4.69, 9.17) is 0 Å². The predicted molar refractivity (Wildman–Crippen MR) is 219 cm³/mol. The van der Waals surface area contributed by atoms with Gasteiger partial charge in [-0.05, 0) is 119 Å². The van der Waals surface area contributed by atoms with Crippen LogP contribution in [0.3, 0.4) is 0 Å². The number of hydrogen-bond acceptors (Lipinski definition) is 9.